The Labute approximate surface area is 178 Å². The number of amides is 1. The van der Waals surface area contributed by atoms with E-state index in [-0.39, 0.29) is 0 Å². The first-order valence-corrected chi connectivity index (χ1v) is 10.9. The van der Waals surface area contributed by atoms with Crippen LogP contribution in [0.25, 0.3) is 11.3 Å². The van der Waals surface area contributed by atoms with Crippen molar-refractivity contribution in [2.45, 2.75) is 19.3 Å². The Hall–Kier alpha value is -2.38. The van der Waals surface area contributed by atoms with Crippen LogP contribution in [0.5, 0.6) is 5.75 Å². The lowest BCUT2D eigenvalue weighted by molar-refractivity contribution is -0.134. The van der Waals surface area contributed by atoms with Crippen molar-refractivity contribution >= 4 is 5.91 Å². The van der Waals surface area contributed by atoms with Crippen molar-refractivity contribution in [2.24, 2.45) is 11.8 Å². The Bertz CT molecular complexity index is 827. The summed E-state index contributed by atoms with van der Waals surface area (Å²) in [6, 6.07) is 9.81. The Morgan fingerprint density at radius 3 is 2.70 bits per heavy atom. The molecule has 0 spiro atoms. The lowest BCUT2D eigenvalue weighted by atomic mass is 9.81. The third-order valence-electron chi connectivity index (χ3n) is 6.46. The number of piperazine rings is 1. The first-order chi connectivity index (χ1) is 14.6. The van der Waals surface area contributed by atoms with Gasteiger partial charge in [-0.15, -0.1) is 0 Å². The van der Waals surface area contributed by atoms with Crippen LogP contribution in [0.15, 0.2) is 34.9 Å². The average molecular weight is 413 g/mol. The first-order valence-electron chi connectivity index (χ1n) is 10.9. The number of hydrogen-bond acceptors (Lipinski definition) is 6. The van der Waals surface area contributed by atoms with Crippen LogP contribution in [-0.2, 0) is 11.2 Å². The maximum absolute atomic E-state index is 12.9. The highest BCUT2D eigenvalue weighted by molar-refractivity contribution is 5.76. The van der Waals surface area contributed by atoms with Crippen LogP contribution in [0.4, 0.5) is 0 Å². The number of nitrogens with zero attached hydrogens (tertiary/aromatic N) is 3. The van der Waals surface area contributed by atoms with Gasteiger partial charge >= 0.3 is 0 Å². The molecular formula is C23H32N4O3. The summed E-state index contributed by atoms with van der Waals surface area (Å²) in [5, 5.41) is 7.80. The fourth-order valence-corrected chi connectivity index (χ4v) is 4.46. The fraction of sp³-hybridized carbons (Fsp3) is 0.565. The summed E-state index contributed by atoms with van der Waals surface area (Å²) in [7, 11) is 3.77. The van der Waals surface area contributed by atoms with Crippen LogP contribution in [0.2, 0.25) is 0 Å². The Kier molecular flexibility index (Phi) is 6.69. The molecule has 2 fully saturated rings. The SMILES string of the molecule is COc1ccc(-c2cc(C[C@H]3CNCC[C@@H]3CC(=O)N3CCN(C)CC3)no2)cc1. The molecule has 1 aromatic heterocycles. The van der Waals surface area contributed by atoms with Crippen molar-refractivity contribution in [3.05, 3.63) is 36.0 Å². The normalized spacial score (nSPS) is 22.8. The highest BCUT2D eigenvalue weighted by atomic mass is 16.5. The minimum atomic E-state index is 0.305. The summed E-state index contributed by atoms with van der Waals surface area (Å²) in [5.74, 6) is 2.67. The molecule has 0 saturated carbocycles. The van der Waals surface area contributed by atoms with Crippen LogP contribution in [0.3, 0.4) is 0 Å². The van der Waals surface area contributed by atoms with E-state index in [1.54, 1.807) is 7.11 Å². The Balaban J connectivity index is 1.37. The minimum Gasteiger partial charge on any atom is -0.497 e. The number of nitrogens with one attached hydrogen (secondary N) is 1. The lowest BCUT2D eigenvalue weighted by Crippen LogP contribution is -2.48. The molecule has 1 amide bonds. The standard InChI is InChI=1S/C23H32N4O3/c1-26-9-11-27(12-10-26)23(28)14-18-7-8-24-16-19(18)13-20-15-22(30-25-20)17-3-5-21(29-2)6-4-17/h3-6,15,18-19,24H,7-14,16H2,1-2H3/t18-,19+/m1/s1. The van der Waals surface area contributed by atoms with Crippen LogP contribution in [-0.4, -0.2) is 74.3 Å². The lowest BCUT2D eigenvalue weighted by Gasteiger charge is -2.36. The highest BCUT2D eigenvalue weighted by Gasteiger charge is 2.30. The van der Waals surface area contributed by atoms with Gasteiger partial charge in [0.2, 0.25) is 5.91 Å². The molecule has 7 heteroatoms. The van der Waals surface area contributed by atoms with Gasteiger partial charge in [0.25, 0.3) is 0 Å². The molecule has 2 atom stereocenters. The zero-order valence-corrected chi connectivity index (χ0v) is 18.0. The van der Waals surface area contributed by atoms with Crippen molar-refractivity contribution in [1.82, 2.24) is 20.3 Å². The molecule has 2 aromatic rings. The van der Waals surface area contributed by atoms with Gasteiger partial charge in [-0.1, -0.05) is 5.16 Å². The molecule has 162 valence electrons. The van der Waals surface area contributed by atoms with Gasteiger partial charge in [-0.2, -0.15) is 0 Å². The maximum Gasteiger partial charge on any atom is 0.222 e. The van der Waals surface area contributed by atoms with Crippen LogP contribution in [0, 0.1) is 11.8 Å². The number of likely N-dealkylation sites (N-methyl/N-ethyl adjacent to an activating group) is 1. The predicted octanol–water partition coefficient (Wildman–Crippen LogP) is 2.28. The zero-order chi connectivity index (χ0) is 20.9. The number of piperidine rings is 1. The van der Waals surface area contributed by atoms with E-state index < -0.39 is 0 Å². The molecule has 30 heavy (non-hydrogen) atoms. The van der Waals surface area contributed by atoms with E-state index >= 15 is 0 Å². The van der Waals surface area contributed by atoms with Gasteiger partial charge in [-0.25, -0.2) is 0 Å². The van der Waals surface area contributed by atoms with Crippen LogP contribution in [0.1, 0.15) is 18.5 Å². The van der Waals surface area contributed by atoms with Crippen molar-refractivity contribution in [1.29, 1.82) is 0 Å². The molecule has 2 aliphatic heterocycles. The monoisotopic (exact) mass is 412 g/mol. The molecule has 4 rings (SSSR count). The maximum atomic E-state index is 12.9. The first kappa shape index (κ1) is 20.9. The van der Waals surface area contributed by atoms with Crippen LogP contribution >= 0.6 is 0 Å². The molecule has 0 radical (unpaired) electrons. The van der Waals surface area contributed by atoms with Gasteiger partial charge < -0.3 is 24.4 Å². The fourth-order valence-electron chi connectivity index (χ4n) is 4.46. The van der Waals surface area contributed by atoms with Gasteiger partial charge in [0.15, 0.2) is 5.76 Å². The molecule has 1 N–H and O–H groups in total. The van der Waals surface area contributed by atoms with Crippen LogP contribution < -0.4 is 10.1 Å². The number of carbonyl (C=O) groups is 1. The van der Waals surface area contributed by atoms with E-state index in [4.69, 9.17) is 9.26 Å². The predicted molar refractivity (Wildman–Crippen MR) is 115 cm³/mol. The van der Waals surface area contributed by atoms with Crippen molar-refractivity contribution in [2.75, 3.05) is 53.4 Å². The highest BCUT2D eigenvalue weighted by Crippen LogP contribution is 2.29. The van der Waals surface area contributed by atoms with Crippen molar-refractivity contribution < 1.29 is 14.1 Å². The van der Waals surface area contributed by atoms with Gasteiger partial charge in [0, 0.05) is 44.2 Å². The second kappa shape index (κ2) is 9.62. The Morgan fingerprint density at radius 2 is 1.97 bits per heavy atom. The van der Waals surface area contributed by atoms with Crippen molar-refractivity contribution in [3.8, 4) is 17.1 Å². The largest absolute Gasteiger partial charge is 0.497 e. The number of hydrogen-bond donors (Lipinski definition) is 1. The van der Waals surface area contributed by atoms with Gasteiger partial charge in [-0.3, -0.25) is 4.79 Å². The molecule has 0 unspecified atom stereocenters. The molecule has 2 saturated heterocycles. The number of methoxy groups -OCH3 is 1. The summed E-state index contributed by atoms with van der Waals surface area (Å²) >= 11 is 0. The topological polar surface area (TPSA) is 70.8 Å². The van der Waals surface area contributed by atoms with E-state index in [0.717, 1.165) is 74.9 Å². The molecule has 0 bridgehead atoms. The molecular weight excluding hydrogens is 380 g/mol. The smallest absolute Gasteiger partial charge is 0.222 e. The summed E-state index contributed by atoms with van der Waals surface area (Å²) in [5.41, 5.74) is 1.93. The molecule has 7 nitrogen and oxygen atoms in total. The third kappa shape index (κ3) is 5.02. The van der Waals surface area contributed by atoms with E-state index in [1.165, 1.54) is 0 Å². The quantitative estimate of drug-likeness (QED) is 0.785. The molecule has 2 aliphatic rings. The number of rotatable bonds is 6. The van der Waals surface area contributed by atoms with Gasteiger partial charge in [0.05, 0.1) is 12.8 Å². The van der Waals surface area contributed by atoms with Gasteiger partial charge in [0.1, 0.15) is 5.75 Å². The number of ether oxygens (including phenoxy) is 1. The summed E-state index contributed by atoms with van der Waals surface area (Å²) in [4.78, 5) is 17.2. The van der Waals surface area contributed by atoms with E-state index in [1.807, 2.05) is 35.2 Å². The van der Waals surface area contributed by atoms with E-state index in [9.17, 15) is 4.79 Å². The number of benzene rings is 1. The summed E-state index contributed by atoms with van der Waals surface area (Å²) < 4.78 is 10.8. The second-order valence-electron chi connectivity index (χ2n) is 8.52. The minimum absolute atomic E-state index is 0.305. The molecule has 1 aromatic carbocycles. The number of carbonyl (C=O) groups excluding carboxylic acids is 1. The van der Waals surface area contributed by atoms with Gasteiger partial charge in [-0.05, 0) is 69.1 Å². The average Bonchev–Trinajstić information content (AvgIpc) is 3.24. The molecule has 0 aliphatic carbocycles. The Morgan fingerprint density at radius 1 is 1.20 bits per heavy atom. The van der Waals surface area contributed by atoms with E-state index in [0.29, 0.717) is 24.2 Å². The third-order valence-corrected chi connectivity index (χ3v) is 6.46. The number of aromatic nitrogens is 1. The molecule has 3 heterocycles. The zero-order valence-electron chi connectivity index (χ0n) is 18.0. The summed E-state index contributed by atoms with van der Waals surface area (Å²) in [6.07, 6.45) is 2.50. The second-order valence-corrected chi connectivity index (χ2v) is 8.52. The van der Waals surface area contributed by atoms with E-state index in [2.05, 4.69) is 22.4 Å². The summed E-state index contributed by atoms with van der Waals surface area (Å²) in [6.45, 7) is 5.53. The van der Waals surface area contributed by atoms with Crippen molar-refractivity contribution in [3.63, 3.8) is 0 Å².